The van der Waals surface area contributed by atoms with E-state index in [0.717, 1.165) is 6.54 Å². The summed E-state index contributed by atoms with van der Waals surface area (Å²) in [5.41, 5.74) is 5.91. The van der Waals surface area contributed by atoms with E-state index in [4.69, 9.17) is 10.5 Å². The average Bonchev–Trinajstić information content (AvgIpc) is 3.23. The van der Waals surface area contributed by atoms with E-state index in [0.29, 0.717) is 34.9 Å². The first-order chi connectivity index (χ1) is 10.1. The van der Waals surface area contributed by atoms with Crippen LogP contribution in [0.5, 0.6) is 0 Å². The van der Waals surface area contributed by atoms with Gasteiger partial charge >= 0.3 is 0 Å². The lowest BCUT2D eigenvalue weighted by Gasteiger charge is -2.28. The summed E-state index contributed by atoms with van der Waals surface area (Å²) in [7, 11) is 1.65. The number of ether oxygens (including phenoxy) is 1. The van der Waals surface area contributed by atoms with Crippen LogP contribution in [0, 0.1) is 5.92 Å². The Balaban J connectivity index is 2.15. The Kier molecular flexibility index (Phi) is 5.41. The number of methoxy groups -OCH3 is 1. The summed E-state index contributed by atoms with van der Waals surface area (Å²) in [6.07, 6.45) is 2.39. The van der Waals surface area contributed by atoms with Crippen molar-refractivity contribution in [3.63, 3.8) is 0 Å². The van der Waals surface area contributed by atoms with Crippen molar-refractivity contribution in [1.82, 2.24) is 9.88 Å². The number of nitrogens with zero attached hydrogens (tertiary/aromatic N) is 2. The first kappa shape index (κ1) is 16.0. The molecule has 1 aromatic rings. The van der Waals surface area contributed by atoms with Crippen LogP contribution in [-0.2, 0) is 4.74 Å². The summed E-state index contributed by atoms with van der Waals surface area (Å²) >= 11 is 1.32. The van der Waals surface area contributed by atoms with E-state index < -0.39 is 0 Å². The van der Waals surface area contributed by atoms with Crippen molar-refractivity contribution in [3.05, 3.63) is 4.88 Å². The number of carbonyl (C=O) groups excluding carboxylic acids is 1. The molecule has 118 valence electrons. The molecule has 21 heavy (non-hydrogen) atoms. The van der Waals surface area contributed by atoms with E-state index >= 15 is 0 Å². The standard InChI is InChI=1S/C14H24N4O2S/c1-4-16-14-17-12(15)11(21-14)13(19)18(7-8-20-3)9(2)10-5-6-10/h9-10H,4-8,15H2,1-3H3,(H,16,17). The summed E-state index contributed by atoms with van der Waals surface area (Å²) in [5.74, 6) is 0.880. The second-order valence-electron chi connectivity index (χ2n) is 5.33. The molecule has 0 saturated heterocycles. The summed E-state index contributed by atoms with van der Waals surface area (Å²) < 4.78 is 5.13. The van der Waals surface area contributed by atoms with Crippen LogP contribution in [0.1, 0.15) is 36.4 Å². The highest BCUT2D eigenvalue weighted by Gasteiger charge is 2.35. The quantitative estimate of drug-likeness (QED) is 0.768. The van der Waals surface area contributed by atoms with Gasteiger partial charge in [0.2, 0.25) is 0 Å². The monoisotopic (exact) mass is 312 g/mol. The number of thiazole rings is 1. The van der Waals surface area contributed by atoms with E-state index in [9.17, 15) is 4.79 Å². The molecule has 1 aliphatic rings. The number of anilines is 2. The summed E-state index contributed by atoms with van der Waals surface area (Å²) in [6, 6.07) is 0.219. The number of carbonyl (C=O) groups is 1. The van der Waals surface area contributed by atoms with Gasteiger partial charge in [0.05, 0.1) is 6.61 Å². The van der Waals surface area contributed by atoms with Gasteiger partial charge in [-0.05, 0) is 32.6 Å². The Morgan fingerprint density at radius 3 is 2.90 bits per heavy atom. The lowest BCUT2D eigenvalue weighted by Crippen LogP contribution is -2.41. The van der Waals surface area contributed by atoms with Gasteiger partial charge in [-0.3, -0.25) is 4.79 Å². The van der Waals surface area contributed by atoms with Gasteiger partial charge in [0.1, 0.15) is 10.7 Å². The van der Waals surface area contributed by atoms with Crippen LogP contribution >= 0.6 is 11.3 Å². The minimum absolute atomic E-state index is 0.0365. The normalized spacial score (nSPS) is 15.8. The smallest absolute Gasteiger partial charge is 0.268 e. The van der Waals surface area contributed by atoms with Crippen molar-refractivity contribution in [2.45, 2.75) is 32.7 Å². The van der Waals surface area contributed by atoms with Gasteiger partial charge in [0.25, 0.3) is 5.91 Å². The third-order valence-electron chi connectivity index (χ3n) is 3.77. The number of amides is 1. The Labute approximate surface area is 129 Å². The molecule has 3 N–H and O–H groups in total. The lowest BCUT2D eigenvalue weighted by molar-refractivity contribution is 0.0600. The zero-order valence-electron chi connectivity index (χ0n) is 12.9. The molecule has 0 aliphatic heterocycles. The van der Waals surface area contributed by atoms with Crippen molar-refractivity contribution in [2.75, 3.05) is 37.9 Å². The number of hydrogen-bond acceptors (Lipinski definition) is 6. The third kappa shape index (κ3) is 3.85. The van der Waals surface area contributed by atoms with E-state index in [2.05, 4.69) is 17.2 Å². The molecule has 1 saturated carbocycles. The molecule has 1 fully saturated rings. The third-order valence-corrected chi connectivity index (χ3v) is 4.79. The van der Waals surface area contributed by atoms with Crippen LogP contribution in [0.15, 0.2) is 0 Å². The van der Waals surface area contributed by atoms with E-state index in [1.807, 2.05) is 11.8 Å². The number of rotatable bonds is 8. The van der Waals surface area contributed by atoms with Gasteiger partial charge in [0.15, 0.2) is 5.13 Å². The highest BCUT2D eigenvalue weighted by molar-refractivity contribution is 7.18. The fourth-order valence-corrected chi connectivity index (χ4v) is 3.26. The van der Waals surface area contributed by atoms with Gasteiger partial charge in [-0.2, -0.15) is 0 Å². The topological polar surface area (TPSA) is 80.5 Å². The minimum Gasteiger partial charge on any atom is -0.383 e. The van der Waals surface area contributed by atoms with Gasteiger partial charge < -0.3 is 20.7 Å². The Morgan fingerprint density at radius 1 is 1.62 bits per heavy atom. The van der Waals surface area contributed by atoms with Crippen molar-refractivity contribution in [2.24, 2.45) is 5.92 Å². The zero-order valence-corrected chi connectivity index (χ0v) is 13.7. The zero-order chi connectivity index (χ0) is 15.4. The molecule has 0 radical (unpaired) electrons. The van der Waals surface area contributed by atoms with Crippen LogP contribution in [0.3, 0.4) is 0 Å². The maximum absolute atomic E-state index is 12.8. The molecule has 6 nitrogen and oxygen atoms in total. The van der Waals surface area contributed by atoms with Crippen molar-refractivity contribution in [1.29, 1.82) is 0 Å². The van der Waals surface area contributed by atoms with Crippen LogP contribution < -0.4 is 11.1 Å². The van der Waals surface area contributed by atoms with Crippen molar-refractivity contribution < 1.29 is 9.53 Å². The van der Waals surface area contributed by atoms with E-state index in [1.54, 1.807) is 7.11 Å². The first-order valence-corrected chi connectivity index (χ1v) is 8.20. The summed E-state index contributed by atoms with van der Waals surface area (Å²) in [5, 5.41) is 3.80. The van der Waals surface area contributed by atoms with Gasteiger partial charge in [-0.25, -0.2) is 4.98 Å². The number of nitrogens with two attached hydrogens (primary N) is 1. The summed E-state index contributed by atoms with van der Waals surface area (Å²) in [4.78, 5) is 19.4. The predicted molar refractivity (Wildman–Crippen MR) is 85.8 cm³/mol. The van der Waals surface area contributed by atoms with E-state index in [1.165, 1.54) is 24.2 Å². The lowest BCUT2D eigenvalue weighted by atomic mass is 10.1. The predicted octanol–water partition coefficient (Wildman–Crippen LogP) is 2.04. The molecule has 7 heteroatoms. The second kappa shape index (κ2) is 7.09. The van der Waals surface area contributed by atoms with Crippen molar-refractivity contribution >= 4 is 28.2 Å². The highest BCUT2D eigenvalue weighted by atomic mass is 32.1. The molecule has 1 heterocycles. The molecule has 0 bridgehead atoms. The maximum Gasteiger partial charge on any atom is 0.268 e. The van der Waals surface area contributed by atoms with Gasteiger partial charge in [0, 0.05) is 26.2 Å². The Hall–Kier alpha value is -1.34. The van der Waals surface area contributed by atoms with Gasteiger partial charge in [-0.1, -0.05) is 11.3 Å². The summed E-state index contributed by atoms with van der Waals surface area (Å²) in [6.45, 7) is 5.96. The molecule has 2 rings (SSSR count). The molecule has 1 unspecified atom stereocenters. The van der Waals surface area contributed by atoms with Gasteiger partial charge in [-0.15, -0.1) is 0 Å². The highest BCUT2D eigenvalue weighted by Crippen LogP contribution is 2.36. The fourth-order valence-electron chi connectivity index (χ4n) is 2.36. The van der Waals surface area contributed by atoms with E-state index in [-0.39, 0.29) is 11.9 Å². The molecular weight excluding hydrogens is 288 g/mol. The molecule has 0 aromatic carbocycles. The number of nitrogens with one attached hydrogen (secondary N) is 1. The SMILES string of the molecule is CCNc1nc(N)c(C(=O)N(CCOC)C(C)C2CC2)s1. The second-order valence-corrected chi connectivity index (χ2v) is 6.33. The Morgan fingerprint density at radius 2 is 2.33 bits per heavy atom. The number of nitrogen functional groups attached to an aromatic ring is 1. The molecule has 0 spiro atoms. The fraction of sp³-hybridized carbons (Fsp3) is 0.714. The van der Waals surface area contributed by atoms with Crippen LogP contribution in [0.2, 0.25) is 0 Å². The number of hydrogen-bond donors (Lipinski definition) is 2. The minimum atomic E-state index is -0.0365. The largest absolute Gasteiger partial charge is 0.383 e. The molecular formula is C14H24N4O2S. The maximum atomic E-state index is 12.8. The van der Waals surface area contributed by atoms with Crippen LogP contribution in [0.4, 0.5) is 10.9 Å². The molecule has 1 atom stereocenters. The first-order valence-electron chi connectivity index (χ1n) is 7.38. The molecule has 1 aliphatic carbocycles. The molecule has 1 amide bonds. The Bertz CT molecular complexity index is 487. The van der Waals surface area contributed by atoms with Crippen molar-refractivity contribution in [3.8, 4) is 0 Å². The number of aromatic nitrogens is 1. The average molecular weight is 312 g/mol. The van der Waals surface area contributed by atoms with Crippen LogP contribution in [-0.4, -0.2) is 48.6 Å². The molecule has 1 aromatic heterocycles. The van der Waals surface area contributed by atoms with Crippen LogP contribution in [0.25, 0.3) is 0 Å².